The van der Waals surface area contributed by atoms with Gasteiger partial charge in [-0.05, 0) is 61.0 Å². The fraction of sp³-hybridized carbons (Fsp3) is 0.214. The maximum absolute atomic E-state index is 13.1. The number of hydrogen-bond donors (Lipinski definition) is 2. The monoisotopic (exact) mass is 498 g/mol. The number of ether oxygens (including phenoxy) is 1. The number of fused-ring (bicyclic) bond motifs is 1. The molecule has 0 saturated carbocycles. The zero-order valence-corrected chi connectivity index (χ0v) is 20.5. The van der Waals surface area contributed by atoms with Crippen LogP contribution in [0.4, 0.5) is 22.7 Å². The van der Waals surface area contributed by atoms with Crippen molar-refractivity contribution in [3.8, 4) is 5.75 Å². The van der Waals surface area contributed by atoms with E-state index in [2.05, 4.69) is 10.6 Å². The molecule has 1 fully saturated rings. The first kappa shape index (κ1) is 24.1. The van der Waals surface area contributed by atoms with E-state index in [-0.39, 0.29) is 43.1 Å². The second-order valence-corrected chi connectivity index (χ2v) is 9.10. The van der Waals surface area contributed by atoms with Crippen LogP contribution in [0.3, 0.4) is 0 Å². The molecule has 2 aliphatic rings. The van der Waals surface area contributed by atoms with Gasteiger partial charge in [-0.25, -0.2) is 0 Å². The van der Waals surface area contributed by atoms with Gasteiger partial charge < -0.3 is 20.3 Å². The molecule has 9 heteroatoms. The summed E-state index contributed by atoms with van der Waals surface area (Å²) in [6.45, 7) is 2.10. The average molecular weight is 499 g/mol. The van der Waals surface area contributed by atoms with Gasteiger partial charge in [0.1, 0.15) is 12.3 Å². The SMILES string of the molecule is COc1ccc(C)cc1N1CC(C(=O)Nc2ccc(C(=O)N3CC(=O)Nc4ccccc43)cc2)CC1=O. The molecule has 9 nitrogen and oxygen atoms in total. The van der Waals surface area contributed by atoms with Crippen LogP contribution >= 0.6 is 0 Å². The smallest absolute Gasteiger partial charge is 0.258 e. The number of methoxy groups -OCH3 is 1. The lowest BCUT2D eigenvalue weighted by Crippen LogP contribution is -2.42. The fourth-order valence-electron chi connectivity index (χ4n) is 4.64. The third-order valence-electron chi connectivity index (χ3n) is 6.54. The number of carbonyl (C=O) groups is 4. The van der Waals surface area contributed by atoms with E-state index in [9.17, 15) is 19.2 Å². The molecule has 0 bridgehead atoms. The molecular formula is C28H26N4O5. The molecule has 0 radical (unpaired) electrons. The summed E-state index contributed by atoms with van der Waals surface area (Å²) in [5.41, 5.74) is 3.75. The summed E-state index contributed by atoms with van der Waals surface area (Å²) in [7, 11) is 1.55. The topological polar surface area (TPSA) is 108 Å². The molecule has 1 atom stereocenters. The first-order chi connectivity index (χ1) is 17.8. The van der Waals surface area contributed by atoms with E-state index in [1.165, 1.54) is 4.90 Å². The molecule has 0 aliphatic carbocycles. The summed E-state index contributed by atoms with van der Waals surface area (Å²) in [4.78, 5) is 53.9. The molecule has 37 heavy (non-hydrogen) atoms. The number of nitrogens with zero attached hydrogens (tertiary/aromatic N) is 2. The summed E-state index contributed by atoms with van der Waals surface area (Å²) in [5, 5.41) is 5.61. The number of rotatable bonds is 5. The van der Waals surface area contributed by atoms with Crippen LogP contribution in [0.25, 0.3) is 0 Å². The molecule has 188 valence electrons. The zero-order chi connectivity index (χ0) is 26.1. The lowest BCUT2D eigenvalue weighted by Gasteiger charge is -2.29. The minimum absolute atomic E-state index is 0.0771. The largest absolute Gasteiger partial charge is 0.495 e. The Bertz CT molecular complexity index is 1400. The Labute approximate surface area is 214 Å². The van der Waals surface area contributed by atoms with E-state index >= 15 is 0 Å². The van der Waals surface area contributed by atoms with E-state index in [4.69, 9.17) is 4.74 Å². The van der Waals surface area contributed by atoms with E-state index in [1.807, 2.05) is 25.1 Å². The summed E-state index contributed by atoms with van der Waals surface area (Å²) in [6.07, 6.45) is 0.0932. The van der Waals surface area contributed by atoms with Crippen molar-refractivity contribution in [2.75, 3.05) is 40.6 Å². The van der Waals surface area contributed by atoms with Gasteiger partial charge in [0.2, 0.25) is 17.7 Å². The molecule has 3 aromatic rings. The summed E-state index contributed by atoms with van der Waals surface area (Å²) < 4.78 is 5.40. The van der Waals surface area contributed by atoms with Gasteiger partial charge in [0.15, 0.2) is 0 Å². The van der Waals surface area contributed by atoms with Crippen LogP contribution < -0.4 is 25.2 Å². The van der Waals surface area contributed by atoms with Crippen molar-refractivity contribution in [3.63, 3.8) is 0 Å². The van der Waals surface area contributed by atoms with E-state index in [0.717, 1.165) is 5.56 Å². The van der Waals surface area contributed by atoms with Crippen molar-refractivity contribution < 1.29 is 23.9 Å². The summed E-state index contributed by atoms with van der Waals surface area (Å²) in [5.74, 6) is -0.945. The van der Waals surface area contributed by atoms with E-state index in [0.29, 0.717) is 34.1 Å². The van der Waals surface area contributed by atoms with Crippen LogP contribution in [0, 0.1) is 12.8 Å². The molecule has 2 N–H and O–H groups in total. The van der Waals surface area contributed by atoms with Crippen LogP contribution in [0.5, 0.6) is 5.75 Å². The van der Waals surface area contributed by atoms with Crippen LogP contribution in [-0.4, -0.2) is 43.8 Å². The van der Waals surface area contributed by atoms with Crippen molar-refractivity contribution in [3.05, 3.63) is 77.9 Å². The van der Waals surface area contributed by atoms with Crippen molar-refractivity contribution >= 4 is 46.4 Å². The minimum Gasteiger partial charge on any atom is -0.495 e. The van der Waals surface area contributed by atoms with Crippen molar-refractivity contribution in [1.82, 2.24) is 0 Å². The number of anilines is 4. The number of carbonyl (C=O) groups excluding carboxylic acids is 4. The highest BCUT2D eigenvalue weighted by Crippen LogP contribution is 2.34. The van der Waals surface area contributed by atoms with Crippen LogP contribution in [-0.2, 0) is 14.4 Å². The van der Waals surface area contributed by atoms with Gasteiger partial charge in [-0.3, -0.25) is 24.1 Å². The fourth-order valence-corrected chi connectivity index (χ4v) is 4.64. The van der Waals surface area contributed by atoms with Crippen LogP contribution in [0.1, 0.15) is 22.3 Å². The first-order valence-corrected chi connectivity index (χ1v) is 11.9. The Balaban J connectivity index is 1.26. The third kappa shape index (κ3) is 4.75. The Morgan fingerprint density at radius 2 is 1.76 bits per heavy atom. The second-order valence-electron chi connectivity index (χ2n) is 9.10. The van der Waals surface area contributed by atoms with Gasteiger partial charge in [-0.1, -0.05) is 18.2 Å². The molecular weight excluding hydrogens is 472 g/mol. The molecule has 2 aliphatic heterocycles. The first-order valence-electron chi connectivity index (χ1n) is 11.9. The lowest BCUT2D eigenvalue weighted by molar-refractivity contribution is -0.122. The standard InChI is InChI=1S/C28H26N4O5/c1-17-7-12-24(37-2)23(13-17)31-15-19(14-26(31)34)27(35)29-20-10-8-18(9-11-20)28(36)32-16-25(33)30-21-5-3-4-6-22(21)32/h3-13,19H,14-16H2,1-2H3,(H,29,35)(H,30,33). The molecule has 0 spiro atoms. The highest BCUT2D eigenvalue weighted by atomic mass is 16.5. The van der Waals surface area contributed by atoms with Crippen molar-refractivity contribution in [1.29, 1.82) is 0 Å². The number of hydrogen-bond acceptors (Lipinski definition) is 5. The highest BCUT2D eigenvalue weighted by molar-refractivity contribution is 6.15. The molecule has 3 aromatic carbocycles. The van der Waals surface area contributed by atoms with Crippen molar-refractivity contribution in [2.45, 2.75) is 13.3 Å². The maximum Gasteiger partial charge on any atom is 0.258 e. The van der Waals surface area contributed by atoms with Gasteiger partial charge in [0.05, 0.1) is 30.1 Å². The predicted octanol–water partition coefficient (Wildman–Crippen LogP) is 3.59. The Morgan fingerprint density at radius 1 is 1.00 bits per heavy atom. The number of para-hydroxylation sites is 2. The molecule has 1 saturated heterocycles. The van der Waals surface area contributed by atoms with Crippen molar-refractivity contribution in [2.24, 2.45) is 5.92 Å². The molecule has 0 aromatic heterocycles. The quantitative estimate of drug-likeness (QED) is 0.559. The van der Waals surface area contributed by atoms with Gasteiger partial charge in [-0.2, -0.15) is 0 Å². The Morgan fingerprint density at radius 3 is 2.51 bits per heavy atom. The third-order valence-corrected chi connectivity index (χ3v) is 6.54. The van der Waals surface area contributed by atoms with Gasteiger partial charge in [0.25, 0.3) is 5.91 Å². The number of amides is 4. The summed E-state index contributed by atoms with van der Waals surface area (Å²) in [6, 6.07) is 19.2. The molecule has 2 heterocycles. The highest BCUT2D eigenvalue weighted by Gasteiger charge is 2.36. The number of benzene rings is 3. The van der Waals surface area contributed by atoms with Gasteiger partial charge in [0, 0.05) is 24.2 Å². The van der Waals surface area contributed by atoms with Crippen LogP contribution in [0.2, 0.25) is 0 Å². The predicted molar refractivity (Wildman–Crippen MR) is 140 cm³/mol. The normalized spacial score (nSPS) is 16.8. The Kier molecular flexibility index (Phi) is 6.35. The molecule has 5 rings (SSSR count). The van der Waals surface area contributed by atoms with E-state index in [1.54, 1.807) is 60.5 Å². The summed E-state index contributed by atoms with van der Waals surface area (Å²) >= 11 is 0. The molecule has 1 unspecified atom stereocenters. The van der Waals surface area contributed by atoms with E-state index < -0.39 is 5.92 Å². The molecule has 4 amide bonds. The average Bonchev–Trinajstić information content (AvgIpc) is 3.29. The second kappa shape index (κ2) is 9.77. The minimum atomic E-state index is -0.526. The Hall–Kier alpha value is -4.66. The van der Waals surface area contributed by atoms with Crippen LogP contribution in [0.15, 0.2) is 66.7 Å². The number of aryl methyl sites for hydroxylation is 1. The maximum atomic E-state index is 13.1. The lowest BCUT2D eigenvalue weighted by atomic mass is 10.1. The zero-order valence-electron chi connectivity index (χ0n) is 20.5. The van der Waals surface area contributed by atoms with Gasteiger partial charge >= 0.3 is 0 Å². The number of nitrogens with one attached hydrogen (secondary N) is 2. The van der Waals surface area contributed by atoms with Gasteiger partial charge in [-0.15, -0.1) is 0 Å².